The first kappa shape index (κ1) is 19.9. The molecule has 3 aromatic rings. The van der Waals surface area contributed by atoms with Crippen molar-refractivity contribution in [2.24, 2.45) is 11.8 Å². The van der Waals surface area contributed by atoms with Gasteiger partial charge in [0, 0.05) is 62.8 Å². The lowest BCUT2D eigenvalue weighted by Gasteiger charge is -2.31. The Kier molecular flexibility index (Phi) is 5.55. The fourth-order valence-electron chi connectivity index (χ4n) is 5.40. The van der Waals surface area contributed by atoms with Crippen molar-refractivity contribution >= 4 is 5.91 Å². The van der Waals surface area contributed by atoms with Gasteiger partial charge < -0.3 is 9.88 Å². The molecule has 1 N–H and O–H groups in total. The van der Waals surface area contributed by atoms with Gasteiger partial charge in [0.25, 0.3) is 0 Å². The summed E-state index contributed by atoms with van der Waals surface area (Å²) in [6.45, 7) is 5.94. The number of hydrogen-bond acceptors (Lipinski definition) is 4. The van der Waals surface area contributed by atoms with Crippen LogP contribution in [0.4, 0.5) is 0 Å². The molecule has 0 unspecified atom stereocenters. The Bertz CT molecular complexity index is 1020. The van der Waals surface area contributed by atoms with E-state index in [-0.39, 0.29) is 11.9 Å². The predicted molar refractivity (Wildman–Crippen MR) is 119 cm³/mol. The van der Waals surface area contributed by atoms with Crippen LogP contribution in [0.1, 0.15) is 34.8 Å². The molecule has 2 aliphatic rings. The summed E-state index contributed by atoms with van der Waals surface area (Å²) in [6.07, 6.45) is 8.55. The highest BCUT2D eigenvalue weighted by molar-refractivity contribution is 5.77. The molecular weight excluding hydrogens is 386 g/mol. The number of amides is 1. The third-order valence-corrected chi connectivity index (χ3v) is 6.89. The molecule has 2 fully saturated rings. The van der Waals surface area contributed by atoms with Gasteiger partial charge in [0.2, 0.25) is 5.91 Å². The monoisotopic (exact) mass is 415 g/mol. The molecule has 2 aromatic heterocycles. The molecule has 4 heterocycles. The zero-order valence-corrected chi connectivity index (χ0v) is 17.9. The SMILES string of the molecule is Cc1ccccc1[C@H]1[C@H]2CN(Cc3cnc[nH]3)C[C@H]2CN1C(=O)CCc1ccncc1. The first-order valence-corrected chi connectivity index (χ1v) is 11.1. The average molecular weight is 416 g/mol. The van der Waals surface area contributed by atoms with Gasteiger partial charge in [-0.2, -0.15) is 0 Å². The highest BCUT2D eigenvalue weighted by Gasteiger charge is 2.49. The van der Waals surface area contributed by atoms with E-state index in [1.54, 1.807) is 18.7 Å². The van der Waals surface area contributed by atoms with Gasteiger partial charge in [-0.15, -0.1) is 0 Å². The van der Waals surface area contributed by atoms with E-state index in [0.29, 0.717) is 18.3 Å². The predicted octanol–water partition coefficient (Wildman–Crippen LogP) is 3.38. The van der Waals surface area contributed by atoms with Crippen LogP contribution in [0.25, 0.3) is 0 Å². The third-order valence-electron chi connectivity index (χ3n) is 6.89. The molecule has 6 nitrogen and oxygen atoms in total. The molecule has 6 heteroatoms. The van der Waals surface area contributed by atoms with Crippen LogP contribution in [0.2, 0.25) is 0 Å². The Morgan fingerprint density at radius 2 is 1.94 bits per heavy atom. The summed E-state index contributed by atoms with van der Waals surface area (Å²) in [5, 5.41) is 0. The number of nitrogens with one attached hydrogen (secondary N) is 1. The van der Waals surface area contributed by atoms with Crippen molar-refractivity contribution in [2.45, 2.75) is 32.4 Å². The highest BCUT2D eigenvalue weighted by Crippen LogP contribution is 2.46. The summed E-state index contributed by atoms with van der Waals surface area (Å²) in [5.74, 6) is 1.24. The normalized spacial score (nSPS) is 23.3. The van der Waals surface area contributed by atoms with E-state index in [1.807, 2.05) is 18.3 Å². The number of carbonyl (C=O) groups is 1. The minimum atomic E-state index is 0.155. The van der Waals surface area contributed by atoms with Crippen LogP contribution in [0.15, 0.2) is 61.3 Å². The van der Waals surface area contributed by atoms with Gasteiger partial charge >= 0.3 is 0 Å². The van der Waals surface area contributed by atoms with Crippen LogP contribution >= 0.6 is 0 Å². The zero-order valence-electron chi connectivity index (χ0n) is 17.9. The molecule has 160 valence electrons. The minimum Gasteiger partial charge on any atom is -0.347 e. The topological polar surface area (TPSA) is 65.1 Å². The number of carbonyl (C=O) groups excluding carboxylic acids is 1. The van der Waals surface area contributed by atoms with Crippen LogP contribution < -0.4 is 0 Å². The molecule has 2 aliphatic heterocycles. The molecule has 3 atom stereocenters. The molecule has 0 aliphatic carbocycles. The molecule has 0 bridgehead atoms. The van der Waals surface area contributed by atoms with E-state index in [0.717, 1.165) is 38.3 Å². The maximum Gasteiger partial charge on any atom is 0.223 e. The van der Waals surface area contributed by atoms with Gasteiger partial charge in [-0.3, -0.25) is 14.7 Å². The minimum absolute atomic E-state index is 0.155. The Morgan fingerprint density at radius 3 is 2.71 bits per heavy atom. The van der Waals surface area contributed by atoms with E-state index in [2.05, 4.69) is 55.9 Å². The lowest BCUT2D eigenvalue weighted by atomic mass is 9.87. The number of benzene rings is 1. The first-order chi connectivity index (χ1) is 15.2. The van der Waals surface area contributed by atoms with Gasteiger partial charge in [0.1, 0.15) is 0 Å². The Balaban J connectivity index is 1.35. The molecule has 31 heavy (non-hydrogen) atoms. The van der Waals surface area contributed by atoms with Gasteiger partial charge in [0.15, 0.2) is 0 Å². The number of pyridine rings is 1. The summed E-state index contributed by atoms with van der Waals surface area (Å²) in [6, 6.07) is 12.7. The van der Waals surface area contributed by atoms with E-state index >= 15 is 0 Å². The summed E-state index contributed by atoms with van der Waals surface area (Å²) in [4.78, 5) is 29.5. The van der Waals surface area contributed by atoms with Crippen molar-refractivity contribution in [3.63, 3.8) is 0 Å². The number of rotatable bonds is 6. The molecule has 0 saturated carbocycles. The second-order valence-electron chi connectivity index (χ2n) is 8.90. The Labute approximate surface area is 183 Å². The number of H-pyrrole nitrogens is 1. The van der Waals surface area contributed by atoms with Gasteiger partial charge in [-0.05, 0) is 48.1 Å². The lowest BCUT2D eigenvalue weighted by Crippen LogP contribution is -2.36. The Morgan fingerprint density at radius 1 is 1.10 bits per heavy atom. The van der Waals surface area contributed by atoms with Crippen molar-refractivity contribution in [3.8, 4) is 0 Å². The van der Waals surface area contributed by atoms with Crippen molar-refractivity contribution in [2.75, 3.05) is 19.6 Å². The maximum absolute atomic E-state index is 13.4. The highest BCUT2D eigenvalue weighted by atomic mass is 16.2. The molecular formula is C25H29N5O. The number of nitrogens with zero attached hydrogens (tertiary/aromatic N) is 4. The van der Waals surface area contributed by atoms with Crippen LogP contribution in [-0.4, -0.2) is 50.3 Å². The largest absolute Gasteiger partial charge is 0.347 e. The number of aryl methyl sites for hydroxylation is 2. The van der Waals surface area contributed by atoms with Crippen molar-refractivity contribution in [3.05, 3.63) is 83.7 Å². The van der Waals surface area contributed by atoms with Gasteiger partial charge in [0.05, 0.1) is 12.4 Å². The first-order valence-electron chi connectivity index (χ1n) is 11.1. The van der Waals surface area contributed by atoms with Crippen molar-refractivity contribution in [1.29, 1.82) is 0 Å². The number of hydrogen-bond donors (Lipinski definition) is 1. The van der Waals surface area contributed by atoms with Crippen LogP contribution in [0, 0.1) is 18.8 Å². The maximum atomic E-state index is 13.4. The quantitative estimate of drug-likeness (QED) is 0.670. The van der Waals surface area contributed by atoms with Crippen LogP contribution in [0.5, 0.6) is 0 Å². The summed E-state index contributed by atoms with van der Waals surface area (Å²) in [5.41, 5.74) is 4.89. The summed E-state index contributed by atoms with van der Waals surface area (Å²) >= 11 is 0. The van der Waals surface area contributed by atoms with E-state index < -0.39 is 0 Å². The van der Waals surface area contributed by atoms with Gasteiger partial charge in [-0.25, -0.2) is 4.98 Å². The lowest BCUT2D eigenvalue weighted by molar-refractivity contribution is -0.132. The zero-order chi connectivity index (χ0) is 21.2. The molecule has 2 saturated heterocycles. The molecule has 0 radical (unpaired) electrons. The van der Waals surface area contributed by atoms with Crippen molar-refractivity contribution in [1.82, 2.24) is 24.8 Å². The molecule has 0 spiro atoms. The second-order valence-corrected chi connectivity index (χ2v) is 8.90. The standard InChI is InChI=1S/C25H29N5O/c1-18-4-2-3-5-22(18)25-23-16-29(15-21-12-27-17-28-21)13-20(23)14-30(25)24(31)7-6-19-8-10-26-11-9-19/h2-5,8-12,17,20,23,25H,6-7,13-16H2,1H3,(H,27,28)/t20-,23-,25-/m0/s1. The van der Waals surface area contributed by atoms with E-state index in [9.17, 15) is 4.79 Å². The molecule has 1 amide bonds. The molecule has 5 rings (SSSR count). The number of aromatic nitrogens is 3. The van der Waals surface area contributed by atoms with Crippen LogP contribution in [0.3, 0.4) is 0 Å². The summed E-state index contributed by atoms with van der Waals surface area (Å²) < 4.78 is 0. The fraction of sp³-hybridized carbons (Fsp3) is 0.400. The smallest absolute Gasteiger partial charge is 0.223 e. The van der Waals surface area contributed by atoms with Gasteiger partial charge in [-0.1, -0.05) is 24.3 Å². The van der Waals surface area contributed by atoms with E-state index in [1.165, 1.54) is 16.7 Å². The fourth-order valence-corrected chi connectivity index (χ4v) is 5.40. The van der Waals surface area contributed by atoms with Crippen molar-refractivity contribution < 1.29 is 4.79 Å². The number of fused-ring (bicyclic) bond motifs is 1. The second kappa shape index (κ2) is 8.63. The number of aromatic amines is 1. The average Bonchev–Trinajstić information content (AvgIpc) is 3.50. The van der Waals surface area contributed by atoms with E-state index in [4.69, 9.17) is 0 Å². The summed E-state index contributed by atoms with van der Waals surface area (Å²) in [7, 11) is 0. The number of likely N-dealkylation sites (tertiary alicyclic amines) is 2. The number of imidazole rings is 1. The Hall–Kier alpha value is -2.99. The molecule has 1 aromatic carbocycles. The third kappa shape index (κ3) is 4.12. The van der Waals surface area contributed by atoms with Crippen LogP contribution in [-0.2, 0) is 17.8 Å².